The van der Waals surface area contributed by atoms with Gasteiger partial charge in [-0.15, -0.1) is 0 Å². The van der Waals surface area contributed by atoms with Crippen molar-refractivity contribution >= 4 is 0 Å². The predicted octanol–water partition coefficient (Wildman–Crippen LogP) is 2.86. The normalized spacial score (nSPS) is 14.1. The maximum atomic E-state index is 5.70. The van der Waals surface area contributed by atoms with Gasteiger partial charge in [-0.05, 0) is 19.3 Å². The molecule has 0 aromatic rings. The van der Waals surface area contributed by atoms with E-state index in [4.69, 9.17) is 5.73 Å². The number of hydrogen-bond donors (Lipinski definition) is 1. The van der Waals surface area contributed by atoms with Gasteiger partial charge in [0.25, 0.3) is 0 Å². The highest BCUT2D eigenvalue weighted by atomic mass is 14.6. The second kappa shape index (κ2) is 7.80. The van der Waals surface area contributed by atoms with E-state index in [1.807, 2.05) is 0 Å². The molecule has 0 aliphatic rings. The van der Waals surface area contributed by atoms with Gasteiger partial charge in [0.2, 0.25) is 0 Å². The molecule has 1 heteroatoms. The molecule has 0 amide bonds. The van der Waals surface area contributed by atoms with E-state index in [0.29, 0.717) is 0 Å². The van der Waals surface area contributed by atoms with Crippen LogP contribution in [-0.4, -0.2) is 6.04 Å². The van der Waals surface area contributed by atoms with Crippen molar-refractivity contribution in [2.24, 2.45) is 5.73 Å². The summed E-state index contributed by atoms with van der Waals surface area (Å²) in [5.74, 6) is 0. The molecule has 66 valence electrons. The Morgan fingerprint density at radius 1 is 1.27 bits per heavy atom. The second-order valence-corrected chi connectivity index (χ2v) is 3.00. The van der Waals surface area contributed by atoms with E-state index in [0.717, 1.165) is 6.42 Å². The van der Waals surface area contributed by atoms with Gasteiger partial charge >= 0.3 is 0 Å². The molecule has 0 spiro atoms. The summed E-state index contributed by atoms with van der Waals surface area (Å²) in [4.78, 5) is 0. The summed E-state index contributed by atoms with van der Waals surface area (Å²) in [5.41, 5.74) is 5.70. The molecular formula is C10H21N. The van der Waals surface area contributed by atoms with Crippen molar-refractivity contribution in [3.05, 3.63) is 12.2 Å². The van der Waals surface area contributed by atoms with Crippen LogP contribution in [0.1, 0.15) is 46.0 Å². The predicted molar refractivity (Wildman–Crippen MR) is 51.5 cm³/mol. The van der Waals surface area contributed by atoms with Crippen LogP contribution in [0.3, 0.4) is 0 Å². The van der Waals surface area contributed by atoms with Gasteiger partial charge < -0.3 is 5.73 Å². The topological polar surface area (TPSA) is 26.0 Å². The highest BCUT2D eigenvalue weighted by Crippen LogP contribution is 2.00. The van der Waals surface area contributed by atoms with Gasteiger partial charge in [0, 0.05) is 6.04 Å². The number of hydrogen-bond acceptors (Lipinski definition) is 1. The van der Waals surface area contributed by atoms with Gasteiger partial charge in [-0.1, -0.05) is 38.8 Å². The highest BCUT2D eigenvalue weighted by molar-refractivity contribution is 4.90. The summed E-state index contributed by atoms with van der Waals surface area (Å²) < 4.78 is 0. The van der Waals surface area contributed by atoms with Crippen molar-refractivity contribution in [3.8, 4) is 0 Å². The second-order valence-electron chi connectivity index (χ2n) is 3.00. The van der Waals surface area contributed by atoms with E-state index in [1.165, 1.54) is 25.7 Å². The summed E-state index contributed by atoms with van der Waals surface area (Å²) >= 11 is 0. The van der Waals surface area contributed by atoms with Crippen LogP contribution in [-0.2, 0) is 0 Å². The first-order valence-electron chi connectivity index (χ1n) is 4.73. The fraction of sp³-hybridized carbons (Fsp3) is 0.800. The van der Waals surface area contributed by atoms with Gasteiger partial charge in [-0.3, -0.25) is 0 Å². The number of rotatable bonds is 6. The van der Waals surface area contributed by atoms with Crippen LogP contribution in [0, 0.1) is 0 Å². The van der Waals surface area contributed by atoms with Crippen molar-refractivity contribution in [3.63, 3.8) is 0 Å². The lowest BCUT2D eigenvalue weighted by Gasteiger charge is -1.99. The molecule has 0 fully saturated rings. The quantitative estimate of drug-likeness (QED) is 0.463. The average molecular weight is 155 g/mol. The van der Waals surface area contributed by atoms with Crippen molar-refractivity contribution in [2.75, 3.05) is 0 Å². The molecule has 11 heavy (non-hydrogen) atoms. The molecule has 2 N–H and O–H groups in total. The van der Waals surface area contributed by atoms with Crippen LogP contribution < -0.4 is 5.73 Å². The molecule has 0 saturated heterocycles. The van der Waals surface area contributed by atoms with Crippen LogP contribution in [0.15, 0.2) is 12.2 Å². The first-order chi connectivity index (χ1) is 5.31. The summed E-state index contributed by atoms with van der Waals surface area (Å²) in [6.07, 6.45) is 10.5. The average Bonchev–Trinajstić information content (AvgIpc) is 2.04. The largest absolute Gasteiger partial charge is 0.324 e. The summed E-state index contributed by atoms with van der Waals surface area (Å²) in [6.45, 7) is 4.34. The van der Waals surface area contributed by atoms with Crippen molar-refractivity contribution in [1.82, 2.24) is 0 Å². The Labute approximate surface area is 70.7 Å². The fourth-order valence-corrected chi connectivity index (χ4v) is 0.919. The molecule has 0 aromatic heterocycles. The third-order valence-electron chi connectivity index (χ3n) is 1.83. The third-order valence-corrected chi connectivity index (χ3v) is 1.83. The Hall–Kier alpha value is -0.300. The minimum absolute atomic E-state index is 0.275. The van der Waals surface area contributed by atoms with Gasteiger partial charge in [-0.2, -0.15) is 0 Å². The van der Waals surface area contributed by atoms with E-state index in [2.05, 4.69) is 26.0 Å². The first kappa shape index (κ1) is 10.7. The molecule has 1 unspecified atom stereocenters. The van der Waals surface area contributed by atoms with Crippen LogP contribution >= 0.6 is 0 Å². The molecule has 0 bridgehead atoms. The van der Waals surface area contributed by atoms with Crippen molar-refractivity contribution in [2.45, 2.75) is 52.0 Å². The van der Waals surface area contributed by atoms with Gasteiger partial charge in [-0.25, -0.2) is 0 Å². The summed E-state index contributed by atoms with van der Waals surface area (Å²) in [6, 6.07) is 0.275. The fourth-order valence-electron chi connectivity index (χ4n) is 0.919. The Balaban J connectivity index is 3.15. The Bertz CT molecular complexity index is 97.0. The molecular weight excluding hydrogens is 134 g/mol. The molecule has 0 rings (SSSR count). The zero-order valence-electron chi connectivity index (χ0n) is 7.84. The van der Waals surface area contributed by atoms with Crippen molar-refractivity contribution < 1.29 is 0 Å². The maximum Gasteiger partial charge on any atom is 0.0221 e. The molecule has 0 radical (unpaired) electrons. The molecule has 1 atom stereocenters. The minimum Gasteiger partial charge on any atom is -0.324 e. The number of unbranched alkanes of at least 4 members (excludes halogenated alkanes) is 3. The number of allylic oxidation sites excluding steroid dienone is 1. The highest BCUT2D eigenvalue weighted by Gasteiger charge is 1.89. The number of nitrogens with two attached hydrogens (primary N) is 1. The molecule has 0 aliphatic heterocycles. The van der Waals surface area contributed by atoms with Crippen LogP contribution in [0.2, 0.25) is 0 Å². The summed E-state index contributed by atoms with van der Waals surface area (Å²) in [5, 5.41) is 0. The standard InChI is InChI=1S/C10H21N/c1-3-5-6-7-8-9-10(11)4-2/h8-10H,3-7,11H2,1-2H3/b9-8-. The lowest BCUT2D eigenvalue weighted by Crippen LogP contribution is -2.14. The van der Waals surface area contributed by atoms with E-state index >= 15 is 0 Å². The summed E-state index contributed by atoms with van der Waals surface area (Å²) in [7, 11) is 0. The van der Waals surface area contributed by atoms with Gasteiger partial charge in [0.1, 0.15) is 0 Å². The van der Waals surface area contributed by atoms with Crippen LogP contribution in [0.25, 0.3) is 0 Å². The first-order valence-corrected chi connectivity index (χ1v) is 4.73. The minimum atomic E-state index is 0.275. The molecule has 0 saturated carbocycles. The smallest absolute Gasteiger partial charge is 0.0221 e. The van der Waals surface area contributed by atoms with E-state index < -0.39 is 0 Å². The van der Waals surface area contributed by atoms with Crippen LogP contribution in [0.5, 0.6) is 0 Å². The lowest BCUT2D eigenvalue weighted by atomic mass is 10.1. The molecule has 0 heterocycles. The maximum absolute atomic E-state index is 5.70. The molecule has 0 aliphatic carbocycles. The van der Waals surface area contributed by atoms with Gasteiger partial charge in [0.05, 0.1) is 0 Å². The third kappa shape index (κ3) is 7.60. The van der Waals surface area contributed by atoms with E-state index in [-0.39, 0.29) is 6.04 Å². The van der Waals surface area contributed by atoms with Crippen molar-refractivity contribution in [1.29, 1.82) is 0 Å². The Kier molecular flexibility index (Phi) is 7.59. The Morgan fingerprint density at radius 3 is 2.55 bits per heavy atom. The van der Waals surface area contributed by atoms with E-state index in [1.54, 1.807) is 0 Å². The van der Waals surface area contributed by atoms with Crippen LogP contribution in [0.4, 0.5) is 0 Å². The zero-order chi connectivity index (χ0) is 8.53. The molecule has 1 nitrogen and oxygen atoms in total. The lowest BCUT2D eigenvalue weighted by molar-refractivity contribution is 0.721. The SMILES string of the molecule is CCCCC/C=C\C(N)CC. The zero-order valence-corrected chi connectivity index (χ0v) is 7.84. The monoisotopic (exact) mass is 155 g/mol. The van der Waals surface area contributed by atoms with Gasteiger partial charge in [0.15, 0.2) is 0 Å². The Morgan fingerprint density at radius 2 is 2.00 bits per heavy atom. The van der Waals surface area contributed by atoms with E-state index in [9.17, 15) is 0 Å². The molecule has 0 aromatic carbocycles.